The molecular formula is C22H25FN4O2. The van der Waals surface area contributed by atoms with Crippen LogP contribution in [0.4, 0.5) is 4.39 Å². The number of carbonyl (C=O) groups is 1. The number of rotatable bonds is 4. The lowest BCUT2D eigenvalue weighted by Gasteiger charge is -2.37. The Morgan fingerprint density at radius 1 is 1.17 bits per heavy atom. The van der Waals surface area contributed by atoms with Crippen LogP contribution in [-0.4, -0.2) is 39.0 Å². The zero-order valence-corrected chi connectivity index (χ0v) is 16.9. The van der Waals surface area contributed by atoms with Crippen molar-refractivity contribution < 1.29 is 13.9 Å². The monoisotopic (exact) mass is 396 g/mol. The third kappa shape index (κ3) is 3.87. The highest BCUT2D eigenvalue weighted by atomic mass is 19.1. The molecular weight excluding hydrogens is 371 g/mol. The quantitative estimate of drug-likeness (QED) is 0.729. The molecule has 152 valence electrons. The van der Waals surface area contributed by atoms with Crippen molar-refractivity contribution >= 4 is 11.6 Å². The average molecular weight is 396 g/mol. The van der Waals surface area contributed by atoms with Crippen LogP contribution in [0.3, 0.4) is 0 Å². The van der Waals surface area contributed by atoms with Gasteiger partial charge in [0.15, 0.2) is 11.5 Å². The van der Waals surface area contributed by atoms with Crippen LogP contribution in [-0.2, 0) is 4.74 Å². The van der Waals surface area contributed by atoms with E-state index in [1.54, 1.807) is 28.8 Å². The minimum atomic E-state index is -0.350. The lowest BCUT2D eigenvalue weighted by Crippen LogP contribution is -2.50. The van der Waals surface area contributed by atoms with Gasteiger partial charge >= 0.3 is 0 Å². The van der Waals surface area contributed by atoms with E-state index in [1.807, 2.05) is 6.92 Å². The van der Waals surface area contributed by atoms with Crippen LogP contribution in [0.15, 0.2) is 36.5 Å². The lowest BCUT2D eigenvalue weighted by molar-refractivity contribution is 0.0355. The van der Waals surface area contributed by atoms with Gasteiger partial charge in [-0.1, -0.05) is 0 Å². The second-order valence-corrected chi connectivity index (χ2v) is 8.09. The first-order chi connectivity index (χ1) is 13.8. The van der Waals surface area contributed by atoms with Gasteiger partial charge in [0.25, 0.3) is 5.91 Å². The summed E-state index contributed by atoms with van der Waals surface area (Å²) in [6.45, 7) is 7.43. The minimum absolute atomic E-state index is 0.160. The standard InChI is InChI=1S/C22H25FN4O2/c1-14-24-19(15-4-6-17(23)7-5-15)25-20-18(8-11-27(14)20)21(28)26-22(2,3)16-9-12-29-13-10-16/h4-8,11,16H,9-10,12-13H2,1-3H3,(H,26,28). The van der Waals surface area contributed by atoms with Crippen LogP contribution in [0.5, 0.6) is 0 Å². The molecule has 0 saturated carbocycles. The molecule has 0 atom stereocenters. The number of aryl methyl sites for hydroxylation is 1. The highest BCUT2D eigenvalue weighted by molar-refractivity contribution is 6.00. The summed E-state index contributed by atoms with van der Waals surface area (Å²) in [4.78, 5) is 22.2. The molecule has 2 aromatic heterocycles. The van der Waals surface area contributed by atoms with Crippen LogP contribution in [0.25, 0.3) is 17.0 Å². The summed E-state index contributed by atoms with van der Waals surface area (Å²) >= 11 is 0. The Morgan fingerprint density at radius 2 is 1.86 bits per heavy atom. The maximum Gasteiger partial charge on any atom is 0.255 e. The summed E-state index contributed by atoms with van der Waals surface area (Å²) in [5.74, 6) is 1.06. The van der Waals surface area contributed by atoms with Gasteiger partial charge in [-0.3, -0.25) is 9.20 Å². The normalized spacial score (nSPS) is 15.6. The molecule has 3 heterocycles. The molecule has 1 saturated heterocycles. The van der Waals surface area contributed by atoms with Gasteiger partial charge in [0, 0.05) is 30.5 Å². The zero-order chi connectivity index (χ0) is 20.6. The second kappa shape index (κ2) is 7.55. The van der Waals surface area contributed by atoms with Crippen molar-refractivity contribution in [3.05, 3.63) is 53.7 Å². The molecule has 0 radical (unpaired) electrons. The Hall–Kier alpha value is -2.80. The van der Waals surface area contributed by atoms with Crippen molar-refractivity contribution in [3.8, 4) is 11.4 Å². The molecule has 6 nitrogen and oxygen atoms in total. The molecule has 1 fully saturated rings. The van der Waals surface area contributed by atoms with E-state index in [4.69, 9.17) is 4.74 Å². The van der Waals surface area contributed by atoms with E-state index in [0.29, 0.717) is 34.3 Å². The third-order valence-electron chi connectivity index (χ3n) is 5.71. The maximum absolute atomic E-state index is 13.3. The SMILES string of the molecule is Cc1nc(-c2ccc(F)cc2)nc2c(C(=O)NC(C)(C)C3CCOCC3)ccn12. The van der Waals surface area contributed by atoms with Crippen LogP contribution < -0.4 is 5.32 Å². The van der Waals surface area contributed by atoms with Gasteiger partial charge in [0.2, 0.25) is 0 Å². The Bertz CT molecular complexity index is 1040. The number of aromatic nitrogens is 3. The molecule has 1 aliphatic heterocycles. The van der Waals surface area contributed by atoms with E-state index in [0.717, 1.165) is 26.1 Å². The number of nitrogens with one attached hydrogen (secondary N) is 1. The number of benzene rings is 1. The molecule has 0 unspecified atom stereocenters. The Morgan fingerprint density at radius 3 is 2.55 bits per heavy atom. The molecule has 7 heteroatoms. The van der Waals surface area contributed by atoms with E-state index in [-0.39, 0.29) is 17.3 Å². The summed E-state index contributed by atoms with van der Waals surface area (Å²) < 4.78 is 20.5. The number of nitrogens with zero attached hydrogens (tertiary/aromatic N) is 3. The fourth-order valence-electron chi connectivity index (χ4n) is 3.92. The molecule has 0 bridgehead atoms. The number of hydrogen-bond donors (Lipinski definition) is 1. The van der Waals surface area contributed by atoms with Crippen LogP contribution in [0.2, 0.25) is 0 Å². The number of fused-ring (bicyclic) bond motifs is 1. The number of carbonyl (C=O) groups excluding carboxylic acids is 1. The van der Waals surface area contributed by atoms with Gasteiger partial charge in [0.05, 0.1) is 5.56 Å². The van der Waals surface area contributed by atoms with Crippen molar-refractivity contribution in [2.75, 3.05) is 13.2 Å². The number of halogens is 1. The average Bonchev–Trinajstić information content (AvgIpc) is 3.14. The molecule has 4 rings (SSSR count). The molecule has 3 aromatic rings. The second-order valence-electron chi connectivity index (χ2n) is 8.09. The fourth-order valence-corrected chi connectivity index (χ4v) is 3.92. The summed E-state index contributed by atoms with van der Waals surface area (Å²) in [6, 6.07) is 7.79. The molecule has 29 heavy (non-hydrogen) atoms. The Labute approximate surface area is 169 Å². The summed E-state index contributed by atoms with van der Waals surface area (Å²) in [7, 11) is 0. The van der Waals surface area contributed by atoms with Gasteiger partial charge in [-0.05, 0) is 69.9 Å². The first-order valence-electron chi connectivity index (χ1n) is 9.87. The number of amides is 1. The first kappa shape index (κ1) is 19.5. The minimum Gasteiger partial charge on any atom is -0.381 e. The van der Waals surface area contributed by atoms with Gasteiger partial charge < -0.3 is 10.1 Å². The number of hydrogen-bond acceptors (Lipinski definition) is 4. The highest BCUT2D eigenvalue weighted by Gasteiger charge is 2.33. The van der Waals surface area contributed by atoms with E-state index in [9.17, 15) is 9.18 Å². The van der Waals surface area contributed by atoms with Crippen molar-refractivity contribution in [2.24, 2.45) is 5.92 Å². The maximum atomic E-state index is 13.3. The van der Waals surface area contributed by atoms with Gasteiger partial charge in [-0.25, -0.2) is 14.4 Å². The Kier molecular flexibility index (Phi) is 5.08. The molecule has 1 aliphatic rings. The summed E-state index contributed by atoms with van der Waals surface area (Å²) in [6.07, 6.45) is 3.66. The van der Waals surface area contributed by atoms with Gasteiger partial charge in [0.1, 0.15) is 11.6 Å². The van der Waals surface area contributed by atoms with E-state index < -0.39 is 0 Å². The first-order valence-corrected chi connectivity index (χ1v) is 9.87. The predicted octanol–water partition coefficient (Wildman–Crippen LogP) is 3.78. The summed E-state index contributed by atoms with van der Waals surface area (Å²) in [5, 5.41) is 3.19. The molecule has 1 N–H and O–H groups in total. The molecule has 1 aromatic carbocycles. The molecule has 0 spiro atoms. The topological polar surface area (TPSA) is 68.5 Å². The molecule has 1 amide bonds. The largest absolute Gasteiger partial charge is 0.381 e. The summed E-state index contributed by atoms with van der Waals surface area (Å²) in [5.41, 5.74) is 1.39. The number of ether oxygens (including phenoxy) is 1. The van der Waals surface area contributed by atoms with Crippen molar-refractivity contribution in [3.63, 3.8) is 0 Å². The van der Waals surface area contributed by atoms with Crippen LogP contribution in [0, 0.1) is 18.7 Å². The smallest absolute Gasteiger partial charge is 0.255 e. The highest BCUT2D eigenvalue weighted by Crippen LogP contribution is 2.28. The van der Waals surface area contributed by atoms with E-state index in [1.165, 1.54) is 12.1 Å². The van der Waals surface area contributed by atoms with E-state index in [2.05, 4.69) is 29.1 Å². The van der Waals surface area contributed by atoms with Crippen molar-refractivity contribution in [2.45, 2.75) is 39.2 Å². The van der Waals surface area contributed by atoms with E-state index >= 15 is 0 Å². The zero-order valence-electron chi connectivity index (χ0n) is 16.9. The van der Waals surface area contributed by atoms with Gasteiger partial charge in [-0.2, -0.15) is 0 Å². The lowest BCUT2D eigenvalue weighted by atomic mass is 9.81. The van der Waals surface area contributed by atoms with Crippen molar-refractivity contribution in [1.82, 2.24) is 19.7 Å². The predicted molar refractivity (Wildman–Crippen MR) is 108 cm³/mol. The van der Waals surface area contributed by atoms with Crippen LogP contribution in [0.1, 0.15) is 42.9 Å². The fraction of sp³-hybridized carbons (Fsp3) is 0.409. The third-order valence-corrected chi connectivity index (χ3v) is 5.71. The Balaban J connectivity index is 1.66. The van der Waals surface area contributed by atoms with Crippen LogP contribution >= 0.6 is 0 Å². The van der Waals surface area contributed by atoms with Gasteiger partial charge in [-0.15, -0.1) is 0 Å². The molecule has 0 aliphatic carbocycles. The van der Waals surface area contributed by atoms with Crippen molar-refractivity contribution in [1.29, 1.82) is 0 Å².